The number of nitrogens with zero attached hydrogens (tertiary/aromatic N) is 4. The maximum Gasteiger partial charge on any atom is 0.151 e. The first-order valence-electron chi connectivity index (χ1n) is 8.01. The Morgan fingerprint density at radius 2 is 2.09 bits per heavy atom. The van der Waals surface area contributed by atoms with Gasteiger partial charge in [-0.3, -0.25) is 0 Å². The molecular formula is C18H24N4. The van der Waals surface area contributed by atoms with Gasteiger partial charge in [0.15, 0.2) is 5.82 Å². The third-order valence-electron chi connectivity index (χ3n) is 4.45. The highest BCUT2D eigenvalue weighted by Crippen LogP contribution is 2.24. The molecule has 1 unspecified atom stereocenters. The third-order valence-corrected chi connectivity index (χ3v) is 4.45. The Morgan fingerprint density at radius 3 is 2.86 bits per heavy atom. The second kappa shape index (κ2) is 6.88. The van der Waals surface area contributed by atoms with Crippen LogP contribution < -0.4 is 4.90 Å². The Morgan fingerprint density at radius 1 is 1.23 bits per heavy atom. The molecule has 0 saturated carbocycles. The van der Waals surface area contributed by atoms with Crippen LogP contribution in [0.3, 0.4) is 0 Å². The van der Waals surface area contributed by atoms with Gasteiger partial charge in [-0.25, -0.2) is 0 Å². The van der Waals surface area contributed by atoms with Crippen LogP contribution in [-0.4, -0.2) is 41.3 Å². The maximum atomic E-state index is 4.27. The molecule has 1 aromatic carbocycles. The summed E-state index contributed by atoms with van der Waals surface area (Å²) in [5, 5.41) is 8.29. The SMILES string of the molecule is Cc1ccccc1CN(C)CC1CCCN1c1cccnn1. The fourth-order valence-electron chi connectivity index (χ4n) is 3.28. The second-order valence-corrected chi connectivity index (χ2v) is 6.19. The monoisotopic (exact) mass is 296 g/mol. The van der Waals surface area contributed by atoms with Crippen molar-refractivity contribution in [1.29, 1.82) is 0 Å². The van der Waals surface area contributed by atoms with Gasteiger partial charge in [0.1, 0.15) is 0 Å². The van der Waals surface area contributed by atoms with Gasteiger partial charge in [-0.1, -0.05) is 24.3 Å². The number of rotatable bonds is 5. The predicted octanol–water partition coefficient (Wildman–Crippen LogP) is 2.89. The molecule has 1 aliphatic rings. The minimum Gasteiger partial charge on any atom is -0.351 e. The molecule has 2 aromatic rings. The zero-order chi connectivity index (χ0) is 15.4. The lowest BCUT2D eigenvalue weighted by molar-refractivity contribution is 0.302. The minimum absolute atomic E-state index is 0.533. The molecule has 1 atom stereocenters. The topological polar surface area (TPSA) is 32.3 Å². The summed E-state index contributed by atoms with van der Waals surface area (Å²) in [6, 6.07) is 13.2. The van der Waals surface area contributed by atoms with Gasteiger partial charge in [-0.15, -0.1) is 5.10 Å². The van der Waals surface area contributed by atoms with Crippen molar-refractivity contribution >= 4 is 5.82 Å². The Hall–Kier alpha value is -1.94. The largest absolute Gasteiger partial charge is 0.351 e. The number of hydrogen-bond acceptors (Lipinski definition) is 4. The van der Waals surface area contributed by atoms with Crippen molar-refractivity contribution in [1.82, 2.24) is 15.1 Å². The number of likely N-dealkylation sites (N-methyl/N-ethyl adjacent to an activating group) is 1. The molecule has 0 aliphatic carbocycles. The molecule has 116 valence electrons. The predicted molar refractivity (Wildman–Crippen MR) is 89.9 cm³/mol. The Kier molecular flexibility index (Phi) is 4.68. The van der Waals surface area contributed by atoms with E-state index in [-0.39, 0.29) is 0 Å². The van der Waals surface area contributed by atoms with E-state index in [1.54, 1.807) is 6.20 Å². The van der Waals surface area contributed by atoms with Crippen molar-refractivity contribution in [2.45, 2.75) is 32.4 Å². The van der Waals surface area contributed by atoms with E-state index in [4.69, 9.17) is 0 Å². The lowest BCUT2D eigenvalue weighted by Gasteiger charge is -2.29. The van der Waals surface area contributed by atoms with Crippen LogP contribution in [0.4, 0.5) is 5.82 Å². The number of benzene rings is 1. The van der Waals surface area contributed by atoms with Crippen molar-refractivity contribution < 1.29 is 0 Å². The summed E-state index contributed by atoms with van der Waals surface area (Å²) in [6.07, 6.45) is 4.20. The zero-order valence-electron chi connectivity index (χ0n) is 13.4. The standard InChI is InChI=1S/C18H24N4/c1-15-7-3-4-8-16(15)13-21(2)14-17-9-6-12-22(17)18-10-5-11-19-20-18/h3-5,7-8,10-11,17H,6,9,12-14H2,1-2H3. The molecule has 0 N–H and O–H groups in total. The molecule has 1 saturated heterocycles. The molecule has 0 radical (unpaired) electrons. The van der Waals surface area contributed by atoms with E-state index in [0.29, 0.717) is 6.04 Å². The van der Waals surface area contributed by atoms with Crippen LogP contribution in [0, 0.1) is 6.92 Å². The van der Waals surface area contributed by atoms with Crippen molar-refractivity contribution in [2.24, 2.45) is 0 Å². The van der Waals surface area contributed by atoms with E-state index in [1.807, 2.05) is 6.07 Å². The van der Waals surface area contributed by atoms with Crippen molar-refractivity contribution in [3.63, 3.8) is 0 Å². The van der Waals surface area contributed by atoms with Crippen LogP contribution >= 0.6 is 0 Å². The first kappa shape index (κ1) is 15.0. The molecule has 22 heavy (non-hydrogen) atoms. The normalized spacial score (nSPS) is 18.1. The van der Waals surface area contributed by atoms with Gasteiger partial charge >= 0.3 is 0 Å². The Labute approximate surface area is 132 Å². The van der Waals surface area contributed by atoms with Gasteiger partial charge < -0.3 is 9.80 Å². The Balaban J connectivity index is 1.63. The summed E-state index contributed by atoms with van der Waals surface area (Å²) in [4.78, 5) is 4.82. The molecule has 0 spiro atoms. The molecule has 3 rings (SSSR count). The van der Waals surface area contributed by atoms with Crippen molar-refractivity contribution in [3.8, 4) is 0 Å². The molecule has 4 heteroatoms. The second-order valence-electron chi connectivity index (χ2n) is 6.19. The average molecular weight is 296 g/mol. The first-order chi connectivity index (χ1) is 10.7. The molecule has 1 fully saturated rings. The van der Waals surface area contributed by atoms with Gasteiger partial charge in [0.2, 0.25) is 0 Å². The van der Waals surface area contributed by atoms with E-state index in [1.165, 1.54) is 24.0 Å². The summed E-state index contributed by atoms with van der Waals surface area (Å²) < 4.78 is 0. The first-order valence-corrected chi connectivity index (χ1v) is 8.01. The van der Waals surface area contributed by atoms with Crippen LogP contribution in [0.1, 0.15) is 24.0 Å². The van der Waals surface area contributed by atoms with E-state index in [2.05, 4.69) is 64.3 Å². The zero-order valence-corrected chi connectivity index (χ0v) is 13.4. The molecule has 1 aliphatic heterocycles. The summed E-state index contributed by atoms with van der Waals surface area (Å²) >= 11 is 0. The minimum atomic E-state index is 0.533. The molecule has 1 aromatic heterocycles. The highest BCUT2D eigenvalue weighted by molar-refractivity contribution is 5.39. The quantitative estimate of drug-likeness (QED) is 0.849. The van der Waals surface area contributed by atoms with Crippen LogP contribution in [0.15, 0.2) is 42.6 Å². The van der Waals surface area contributed by atoms with E-state index in [0.717, 1.165) is 25.5 Å². The molecule has 4 nitrogen and oxygen atoms in total. The number of aryl methyl sites for hydroxylation is 1. The molecule has 0 bridgehead atoms. The van der Waals surface area contributed by atoms with E-state index in [9.17, 15) is 0 Å². The summed E-state index contributed by atoms with van der Waals surface area (Å²) in [5.41, 5.74) is 2.78. The average Bonchev–Trinajstić information content (AvgIpc) is 2.98. The van der Waals surface area contributed by atoms with Crippen LogP contribution in [0.25, 0.3) is 0 Å². The lowest BCUT2D eigenvalue weighted by atomic mass is 10.1. The van der Waals surface area contributed by atoms with Gasteiger partial charge in [-0.05, 0) is 50.1 Å². The number of aromatic nitrogens is 2. The van der Waals surface area contributed by atoms with E-state index >= 15 is 0 Å². The van der Waals surface area contributed by atoms with Gasteiger partial charge in [0.25, 0.3) is 0 Å². The smallest absolute Gasteiger partial charge is 0.151 e. The molecule has 0 amide bonds. The highest BCUT2D eigenvalue weighted by atomic mass is 15.3. The fraction of sp³-hybridized carbons (Fsp3) is 0.444. The van der Waals surface area contributed by atoms with Crippen molar-refractivity contribution in [3.05, 3.63) is 53.7 Å². The third kappa shape index (κ3) is 3.45. The maximum absolute atomic E-state index is 4.27. The number of hydrogen-bond donors (Lipinski definition) is 0. The summed E-state index contributed by atoms with van der Waals surface area (Å²) in [5.74, 6) is 1.01. The summed E-state index contributed by atoms with van der Waals surface area (Å²) in [7, 11) is 2.21. The van der Waals surface area contributed by atoms with E-state index < -0.39 is 0 Å². The van der Waals surface area contributed by atoms with Crippen molar-refractivity contribution in [2.75, 3.05) is 25.0 Å². The van der Waals surface area contributed by atoms with Crippen LogP contribution in [0.5, 0.6) is 0 Å². The Bertz CT molecular complexity index is 599. The van der Waals surface area contributed by atoms with Gasteiger partial charge in [-0.2, -0.15) is 5.10 Å². The molecule has 2 heterocycles. The van der Waals surface area contributed by atoms with Crippen LogP contribution in [0.2, 0.25) is 0 Å². The number of anilines is 1. The fourth-order valence-corrected chi connectivity index (χ4v) is 3.28. The van der Waals surface area contributed by atoms with Gasteiger partial charge in [0.05, 0.1) is 0 Å². The highest BCUT2D eigenvalue weighted by Gasteiger charge is 2.26. The summed E-state index contributed by atoms with van der Waals surface area (Å²) in [6.45, 7) is 5.33. The van der Waals surface area contributed by atoms with Gasteiger partial charge in [0, 0.05) is 31.9 Å². The molecular weight excluding hydrogens is 272 g/mol. The van der Waals surface area contributed by atoms with Crippen LogP contribution in [-0.2, 0) is 6.54 Å². The lowest BCUT2D eigenvalue weighted by Crippen LogP contribution is -2.39.